The summed E-state index contributed by atoms with van der Waals surface area (Å²) in [5.41, 5.74) is 1.93. The highest BCUT2D eigenvalue weighted by Gasteiger charge is 2.23. The molecule has 0 saturated carbocycles. The van der Waals surface area contributed by atoms with E-state index in [1.807, 2.05) is 61.5 Å². The van der Waals surface area contributed by atoms with Crippen LogP contribution >= 0.6 is 27.7 Å². The summed E-state index contributed by atoms with van der Waals surface area (Å²) in [4.78, 5) is 14.4. The van der Waals surface area contributed by atoms with Crippen molar-refractivity contribution in [2.24, 2.45) is 0 Å². The molecule has 2 N–H and O–H groups in total. The van der Waals surface area contributed by atoms with E-state index in [2.05, 4.69) is 26.1 Å². The predicted molar refractivity (Wildman–Crippen MR) is 112 cm³/mol. The van der Waals surface area contributed by atoms with Crippen molar-refractivity contribution in [2.75, 3.05) is 12.9 Å². The lowest BCUT2D eigenvalue weighted by atomic mass is 10.2. The Morgan fingerprint density at radius 2 is 1.85 bits per heavy atom. The quantitative estimate of drug-likeness (QED) is 0.463. The molecule has 0 radical (unpaired) electrons. The molecule has 1 aromatic heterocycles. The molecule has 0 bridgehead atoms. The standard InChI is InChI=1S/C19H20BrN5OS/c1-13(18(26)24(2)12-14-8-4-3-5-9-14)27-19-23-22-17(25(19)21)15-10-6-7-11-16(15)20/h3-11,13H,12,21H2,1-2H3. The molecular formula is C19H20BrN5OS. The highest BCUT2D eigenvalue weighted by Crippen LogP contribution is 2.29. The van der Waals surface area contributed by atoms with Crippen LogP contribution < -0.4 is 5.84 Å². The normalized spacial score (nSPS) is 12.0. The van der Waals surface area contributed by atoms with Crippen molar-refractivity contribution in [3.8, 4) is 11.4 Å². The Bertz CT molecular complexity index is 931. The first-order valence-electron chi connectivity index (χ1n) is 8.38. The Morgan fingerprint density at radius 1 is 1.19 bits per heavy atom. The first-order valence-corrected chi connectivity index (χ1v) is 10.1. The number of carbonyl (C=O) groups excluding carboxylic acids is 1. The molecule has 6 nitrogen and oxygen atoms in total. The first-order chi connectivity index (χ1) is 13.0. The van der Waals surface area contributed by atoms with Crippen LogP contribution in [0.3, 0.4) is 0 Å². The van der Waals surface area contributed by atoms with E-state index in [1.165, 1.54) is 16.4 Å². The van der Waals surface area contributed by atoms with Gasteiger partial charge in [-0.1, -0.05) is 70.2 Å². The van der Waals surface area contributed by atoms with E-state index in [1.54, 1.807) is 11.9 Å². The Hall–Kier alpha value is -2.32. The van der Waals surface area contributed by atoms with Crippen molar-refractivity contribution in [1.29, 1.82) is 0 Å². The van der Waals surface area contributed by atoms with Crippen LogP contribution in [0, 0.1) is 0 Å². The van der Waals surface area contributed by atoms with Gasteiger partial charge in [-0.05, 0) is 24.6 Å². The fourth-order valence-corrected chi connectivity index (χ4v) is 3.98. The molecule has 1 heterocycles. The van der Waals surface area contributed by atoms with Crippen molar-refractivity contribution in [2.45, 2.75) is 23.9 Å². The van der Waals surface area contributed by atoms with Gasteiger partial charge in [0.15, 0.2) is 5.82 Å². The smallest absolute Gasteiger partial charge is 0.235 e. The van der Waals surface area contributed by atoms with E-state index in [9.17, 15) is 4.79 Å². The monoisotopic (exact) mass is 445 g/mol. The molecule has 2 aromatic carbocycles. The molecule has 3 aromatic rings. The van der Waals surface area contributed by atoms with Gasteiger partial charge in [0.25, 0.3) is 0 Å². The van der Waals surface area contributed by atoms with Crippen molar-refractivity contribution >= 4 is 33.6 Å². The lowest BCUT2D eigenvalue weighted by Crippen LogP contribution is -2.33. The molecular weight excluding hydrogens is 426 g/mol. The minimum absolute atomic E-state index is 0.00861. The Labute approximate surface area is 170 Å². The molecule has 8 heteroatoms. The fourth-order valence-electron chi connectivity index (χ4n) is 2.64. The van der Waals surface area contributed by atoms with Crippen LogP contribution in [-0.2, 0) is 11.3 Å². The van der Waals surface area contributed by atoms with Crippen molar-refractivity contribution in [1.82, 2.24) is 19.8 Å². The summed E-state index contributed by atoms with van der Waals surface area (Å²) in [5.74, 6) is 6.73. The van der Waals surface area contributed by atoms with Crippen LogP contribution in [0.2, 0.25) is 0 Å². The third-order valence-electron chi connectivity index (χ3n) is 4.05. The lowest BCUT2D eigenvalue weighted by molar-refractivity contribution is -0.129. The van der Waals surface area contributed by atoms with Gasteiger partial charge in [-0.15, -0.1) is 10.2 Å². The molecule has 27 heavy (non-hydrogen) atoms. The van der Waals surface area contributed by atoms with Crippen LogP contribution in [0.15, 0.2) is 64.2 Å². The van der Waals surface area contributed by atoms with Gasteiger partial charge in [-0.2, -0.15) is 0 Å². The van der Waals surface area contributed by atoms with Crippen LogP contribution in [-0.4, -0.2) is 38.0 Å². The minimum Gasteiger partial charge on any atom is -0.340 e. The molecule has 0 saturated heterocycles. The second-order valence-electron chi connectivity index (χ2n) is 6.10. The second-order valence-corrected chi connectivity index (χ2v) is 8.26. The van der Waals surface area contributed by atoms with Gasteiger partial charge in [-0.25, -0.2) is 4.68 Å². The van der Waals surface area contributed by atoms with E-state index in [0.29, 0.717) is 17.5 Å². The number of thioether (sulfide) groups is 1. The molecule has 0 fully saturated rings. The third-order valence-corrected chi connectivity index (χ3v) is 5.78. The van der Waals surface area contributed by atoms with Gasteiger partial charge < -0.3 is 10.7 Å². The highest BCUT2D eigenvalue weighted by molar-refractivity contribution is 9.10. The maximum absolute atomic E-state index is 12.7. The summed E-state index contributed by atoms with van der Waals surface area (Å²) in [6.07, 6.45) is 0. The number of aromatic nitrogens is 3. The minimum atomic E-state index is -0.336. The Morgan fingerprint density at radius 3 is 2.56 bits per heavy atom. The number of benzene rings is 2. The van der Waals surface area contributed by atoms with Crippen molar-refractivity contribution < 1.29 is 4.79 Å². The molecule has 0 aliphatic carbocycles. The summed E-state index contributed by atoms with van der Waals surface area (Å²) < 4.78 is 2.30. The lowest BCUT2D eigenvalue weighted by Gasteiger charge is -2.21. The zero-order chi connectivity index (χ0) is 19.4. The number of nitrogens with two attached hydrogens (primary N) is 1. The number of hydrogen-bond acceptors (Lipinski definition) is 5. The second kappa shape index (κ2) is 8.58. The topological polar surface area (TPSA) is 77.0 Å². The summed E-state index contributed by atoms with van der Waals surface area (Å²) in [7, 11) is 1.80. The van der Waals surface area contributed by atoms with Crippen LogP contribution in [0.1, 0.15) is 12.5 Å². The molecule has 0 spiro atoms. The van der Waals surface area contributed by atoms with E-state index in [4.69, 9.17) is 5.84 Å². The van der Waals surface area contributed by atoms with E-state index < -0.39 is 0 Å². The first kappa shape index (κ1) is 19.4. The maximum Gasteiger partial charge on any atom is 0.235 e. The number of hydrogen-bond donors (Lipinski definition) is 1. The van der Waals surface area contributed by atoms with Crippen LogP contribution in [0.4, 0.5) is 0 Å². The summed E-state index contributed by atoms with van der Waals surface area (Å²) >= 11 is 4.79. The Balaban J connectivity index is 1.70. The summed E-state index contributed by atoms with van der Waals surface area (Å²) in [5, 5.41) is 8.50. The number of halogens is 1. The molecule has 1 amide bonds. The van der Waals surface area contributed by atoms with Crippen LogP contribution in [0.5, 0.6) is 0 Å². The average Bonchev–Trinajstić information content (AvgIpc) is 3.02. The number of amides is 1. The van der Waals surface area contributed by atoms with Gasteiger partial charge in [0.05, 0.1) is 5.25 Å². The highest BCUT2D eigenvalue weighted by atomic mass is 79.9. The largest absolute Gasteiger partial charge is 0.340 e. The predicted octanol–water partition coefficient (Wildman–Crippen LogP) is 3.56. The number of nitrogens with zero attached hydrogens (tertiary/aromatic N) is 4. The fraction of sp³-hybridized carbons (Fsp3) is 0.211. The van der Waals surface area contributed by atoms with Gasteiger partial charge in [0, 0.05) is 23.6 Å². The van der Waals surface area contributed by atoms with Gasteiger partial charge in [0.1, 0.15) is 0 Å². The number of rotatable bonds is 6. The van der Waals surface area contributed by atoms with Crippen molar-refractivity contribution in [3.63, 3.8) is 0 Å². The number of carbonyl (C=O) groups is 1. The van der Waals surface area contributed by atoms with E-state index in [-0.39, 0.29) is 11.2 Å². The zero-order valence-corrected chi connectivity index (χ0v) is 17.4. The Kier molecular flexibility index (Phi) is 6.18. The zero-order valence-electron chi connectivity index (χ0n) is 15.0. The van der Waals surface area contributed by atoms with Crippen LogP contribution in [0.25, 0.3) is 11.4 Å². The van der Waals surface area contributed by atoms with Crippen molar-refractivity contribution in [3.05, 3.63) is 64.6 Å². The maximum atomic E-state index is 12.7. The SMILES string of the molecule is CC(Sc1nnc(-c2ccccc2Br)n1N)C(=O)N(C)Cc1ccccc1. The van der Waals surface area contributed by atoms with E-state index in [0.717, 1.165) is 15.6 Å². The molecule has 1 unspecified atom stereocenters. The third kappa shape index (κ3) is 4.51. The molecule has 140 valence electrons. The molecule has 0 aliphatic heterocycles. The number of nitrogen functional groups attached to an aromatic ring is 1. The molecule has 1 atom stereocenters. The molecule has 3 rings (SSSR count). The summed E-state index contributed by atoms with van der Waals surface area (Å²) in [6, 6.07) is 17.5. The molecule has 0 aliphatic rings. The average molecular weight is 446 g/mol. The van der Waals surface area contributed by atoms with Gasteiger partial charge >= 0.3 is 0 Å². The van der Waals surface area contributed by atoms with E-state index >= 15 is 0 Å². The summed E-state index contributed by atoms with van der Waals surface area (Å²) in [6.45, 7) is 2.41. The van der Waals surface area contributed by atoms with Gasteiger partial charge in [0.2, 0.25) is 11.1 Å². The van der Waals surface area contributed by atoms with Gasteiger partial charge in [-0.3, -0.25) is 4.79 Å².